The summed E-state index contributed by atoms with van der Waals surface area (Å²) < 4.78 is 38.8. The van der Waals surface area contributed by atoms with E-state index in [1.165, 1.54) is 12.1 Å². The van der Waals surface area contributed by atoms with Gasteiger partial charge in [0.25, 0.3) is 0 Å². The summed E-state index contributed by atoms with van der Waals surface area (Å²) in [6, 6.07) is 5.46. The number of nitrogens with one attached hydrogen (secondary N) is 1. The number of anilines is 2. The van der Waals surface area contributed by atoms with E-state index in [-0.39, 0.29) is 17.8 Å². The zero-order valence-corrected chi connectivity index (χ0v) is 9.96. The Hall–Kier alpha value is -1.81. The molecule has 1 atom stereocenters. The number of nitrogens with two attached hydrogens (primary N) is 1. The van der Waals surface area contributed by atoms with Crippen molar-refractivity contribution in [2.45, 2.75) is 18.6 Å². The molecule has 0 aliphatic rings. The number of halogens is 1. The van der Waals surface area contributed by atoms with Gasteiger partial charge in [0, 0.05) is 0 Å². The maximum Gasteiger partial charge on any atom is 0.249 e. The molecule has 1 aromatic carbocycles. The molecule has 3 N–H and O–H groups in total. The molecule has 1 rings (SSSR count). The van der Waals surface area contributed by atoms with E-state index in [9.17, 15) is 12.8 Å². The van der Waals surface area contributed by atoms with E-state index in [0.29, 0.717) is 0 Å². The van der Waals surface area contributed by atoms with Gasteiger partial charge in [-0.2, -0.15) is 5.26 Å². The van der Waals surface area contributed by atoms with Crippen molar-refractivity contribution in [2.75, 3.05) is 10.5 Å². The highest BCUT2D eigenvalue weighted by Crippen LogP contribution is 2.24. The lowest BCUT2D eigenvalue weighted by Gasteiger charge is -2.13. The SMILES string of the molecule is CCC(C#N)S(=O)(=O)Nc1c(N)cccc1F. The maximum absolute atomic E-state index is 13.4. The molecule has 92 valence electrons. The predicted molar refractivity (Wildman–Crippen MR) is 63.0 cm³/mol. The molecular formula is C10H12FN3O2S. The normalized spacial score (nSPS) is 12.8. The number of sulfonamides is 1. The summed E-state index contributed by atoms with van der Waals surface area (Å²) in [5.74, 6) is -0.777. The second kappa shape index (κ2) is 5.01. The van der Waals surface area contributed by atoms with Crippen molar-refractivity contribution >= 4 is 21.4 Å². The van der Waals surface area contributed by atoms with Crippen LogP contribution in [0.4, 0.5) is 15.8 Å². The third-order valence-corrected chi connectivity index (χ3v) is 3.86. The summed E-state index contributed by atoms with van der Waals surface area (Å²) in [5.41, 5.74) is 5.12. The second-order valence-electron chi connectivity index (χ2n) is 3.38. The summed E-state index contributed by atoms with van der Waals surface area (Å²) in [7, 11) is -3.95. The van der Waals surface area contributed by atoms with Crippen molar-refractivity contribution in [3.8, 4) is 6.07 Å². The number of benzene rings is 1. The summed E-state index contributed by atoms with van der Waals surface area (Å²) in [6.45, 7) is 1.55. The maximum atomic E-state index is 13.4. The average Bonchev–Trinajstić information content (AvgIpc) is 2.25. The second-order valence-corrected chi connectivity index (χ2v) is 5.24. The molecule has 1 aromatic rings. The van der Waals surface area contributed by atoms with Gasteiger partial charge < -0.3 is 5.73 Å². The van der Waals surface area contributed by atoms with Gasteiger partial charge in [0.2, 0.25) is 10.0 Å². The van der Waals surface area contributed by atoms with Crippen LogP contribution in [0.15, 0.2) is 18.2 Å². The summed E-state index contributed by atoms with van der Waals surface area (Å²) in [5, 5.41) is 7.45. The Kier molecular flexibility index (Phi) is 3.91. The fourth-order valence-electron chi connectivity index (χ4n) is 1.24. The number of nitriles is 1. The smallest absolute Gasteiger partial charge is 0.249 e. The number of hydrogen-bond acceptors (Lipinski definition) is 4. The van der Waals surface area contributed by atoms with Gasteiger partial charge in [-0.05, 0) is 18.6 Å². The first-order chi connectivity index (χ1) is 7.92. The molecule has 0 saturated heterocycles. The first-order valence-electron chi connectivity index (χ1n) is 4.87. The monoisotopic (exact) mass is 257 g/mol. The van der Waals surface area contributed by atoms with Crippen LogP contribution < -0.4 is 10.5 Å². The van der Waals surface area contributed by atoms with Gasteiger partial charge in [-0.1, -0.05) is 13.0 Å². The van der Waals surface area contributed by atoms with E-state index in [0.717, 1.165) is 6.07 Å². The van der Waals surface area contributed by atoms with E-state index in [1.807, 2.05) is 4.72 Å². The van der Waals surface area contributed by atoms with Crippen molar-refractivity contribution in [3.05, 3.63) is 24.0 Å². The summed E-state index contributed by atoms with van der Waals surface area (Å²) >= 11 is 0. The van der Waals surface area contributed by atoms with Gasteiger partial charge >= 0.3 is 0 Å². The van der Waals surface area contributed by atoms with Gasteiger partial charge in [0.05, 0.1) is 11.8 Å². The van der Waals surface area contributed by atoms with E-state index in [2.05, 4.69) is 0 Å². The van der Waals surface area contributed by atoms with Crippen LogP contribution in [0.2, 0.25) is 0 Å². The minimum Gasteiger partial charge on any atom is -0.397 e. The van der Waals surface area contributed by atoms with E-state index >= 15 is 0 Å². The topological polar surface area (TPSA) is 96.0 Å². The first kappa shape index (κ1) is 13.3. The molecule has 17 heavy (non-hydrogen) atoms. The van der Waals surface area contributed by atoms with Crippen molar-refractivity contribution in [1.29, 1.82) is 5.26 Å². The summed E-state index contributed by atoms with van der Waals surface area (Å²) in [6.07, 6.45) is 0.111. The lowest BCUT2D eigenvalue weighted by Crippen LogP contribution is -2.26. The number of rotatable bonds is 4. The molecule has 0 amide bonds. The van der Waals surface area contributed by atoms with Gasteiger partial charge in [0.1, 0.15) is 11.5 Å². The number of nitrogens with zero attached hydrogens (tertiary/aromatic N) is 1. The quantitative estimate of drug-likeness (QED) is 0.798. The van der Waals surface area contributed by atoms with Gasteiger partial charge in [0.15, 0.2) is 5.25 Å². The van der Waals surface area contributed by atoms with E-state index in [4.69, 9.17) is 11.0 Å². The van der Waals surface area contributed by atoms with Crippen LogP contribution in [-0.4, -0.2) is 13.7 Å². The highest BCUT2D eigenvalue weighted by molar-refractivity contribution is 7.93. The van der Waals surface area contributed by atoms with Gasteiger partial charge in [-0.15, -0.1) is 0 Å². The standard InChI is InChI=1S/C10H12FN3O2S/c1-2-7(6-12)17(15,16)14-10-8(11)4-3-5-9(10)13/h3-5,7,14H,2,13H2,1H3. The molecule has 0 bridgehead atoms. The zero-order chi connectivity index (χ0) is 13.1. The summed E-state index contributed by atoms with van der Waals surface area (Å²) in [4.78, 5) is 0. The number of para-hydroxylation sites is 1. The fraction of sp³-hybridized carbons (Fsp3) is 0.300. The highest BCUT2D eigenvalue weighted by Gasteiger charge is 2.25. The first-order valence-corrected chi connectivity index (χ1v) is 6.42. The molecule has 0 heterocycles. The minimum atomic E-state index is -3.95. The molecule has 0 saturated carbocycles. The molecule has 0 radical (unpaired) electrons. The Balaban J connectivity index is 3.12. The number of hydrogen-bond donors (Lipinski definition) is 2. The third-order valence-electron chi connectivity index (χ3n) is 2.18. The lowest BCUT2D eigenvalue weighted by atomic mass is 10.3. The molecule has 0 aliphatic heterocycles. The fourth-order valence-corrected chi connectivity index (χ4v) is 2.46. The highest BCUT2D eigenvalue weighted by atomic mass is 32.2. The third kappa shape index (κ3) is 2.85. The molecule has 0 spiro atoms. The molecule has 0 aliphatic carbocycles. The van der Waals surface area contributed by atoms with Crippen molar-refractivity contribution in [1.82, 2.24) is 0 Å². The average molecular weight is 257 g/mol. The van der Waals surface area contributed by atoms with Crippen LogP contribution >= 0.6 is 0 Å². The van der Waals surface area contributed by atoms with Crippen LogP contribution in [-0.2, 0) is 10.0 Å². The van der Waals surface area contributed by atoms with Crippen LogP contribution in [0.3, 0.4) is 0 Å². The lowest BCUT2D eigenvalue weighted by molar-refractivity contribution is 0.590. The Morgan fingerprint density at radius 1 is 1.59 bits per heavy atom. The van der Waals surface area contributed by atoms with Crippen LogP contribution in [0.25, 0.3) is 0 Å². The van der Waals surface area contributed by atoms with Gasteiger partial charge in [-0.25, -0.2) is 12.8 Å². The van der Waals surface area contributed by atoms with Crippen molar-refractivity contribution in [3.63, 3.8) is 0 Å². The molecule has 1 unspecified atom stereocenters. The Morgan fingerprint density at radius 3 is 2.71 bits per heavy atom. The van der Waals surface area contributed by atoms with Crippen LogP contribution in [0.1, 0.15) is 13.3 Å². The molecule has 5 nitrogen and oxygen atoms in total. The molecule has 0 aromatic heterocycles. The minimum absolute atomic E-state index is 0.0265. The van der Waals surface area contributed by atoms with Crippen LogP contribution in [0, 0.1) is 17.1 Å². The number of nitrogen functional groups attached to an aromatic ring is 1. The Bertz CT molecular complexity index is 531. The van der Waals surface area contributed by atoms with E-state index < -0.39 is 21.1 Å². The molecule has 7 heteroatoms. The van der Waals surface area contributed by atoms with Gasteiger partial charge in [-0.3, -0.25) is 4.72 Å². The largest absolute Gasteiger partial charge is 0.397 e. The Morgan fingerprint density at radius 2 is 2.24 bits per heavy atom. The Labute approximate surface area is 99.1 Å². The van der Waals surface area contributed by atoms with E-state index in [1.54, 1.807) is 13.0 Å². The zero-order valence-electron chi connectivity index (χ0n) is 9.14. The van der Waals surface area contributed by atoms with Crippen molar-refractivity contribution < 1.29 is 12.8 Å². The molecular weight excluding hydrogens is 245 g/mol. The van der Waals surface area contributed by atoms with Crippen molar-refractivity contribution in [2.24, 2.45) is 0 Å². The molecule has 0 fully saturated rings. The van der Waals surface area contributed by atoms with Crippen LogP contribution in [0.5, 0.6) is 0 Å². The predicted octanol–water partition coefficient (Wildman–Crippen LogP) is 1.45.